The van der Waals surface area contributed by atoms with Crippen molar-refractivity contribution in [2.75, 3.05) is 25.5 Å². The van der Waals surface area contributed by atoms with Gasteiger partial charge in [0, 0.05) is 26.3 Å². The summed E-state index contributed by atoms with van der Waals surface area (Å²) in [7, 11) is -2.18. The largest absolute Gasteiger partial charge is 0.389 e. The van der Waals surface area contributed by atoms with Crippen LogP contribution in [-0.2, 0) is 10.0 Å². The van der Waals surface area contributed by atoms with Crippen LogP contribution in [0.3, 0.4) is 0 Å². The van der Waals surface area contributed by atoms with E-state index in [9.17, 15) is 18.6 Å². The number of rotatable bonds is 3. The summed E-state index contributed by atoms with van der Waals surface area (Å²) in [5, 5.41) is 21.5. The molecule has 7 nitrogen and oxygen atoms in total. The normalized spacial score (nSPS) is 25.3. The Balaban J connectivity index is 2.37. The predicted molar refractivity (Wildman–Crippen MR) is 64.6 cm³/mol. The zero-order valence-electron chi connectivity index (χ0n) is 9.81. The molecule has 0 aromatic carbocycles. The number of sulfonamides is 1. The van der Waals surface area contributed by atoms with E-state index >= 15 is 0 Å². The molecule has 1 fully saturated rings. The molecule has 2 atom stereocenters. The van der Waals surface area contributed by atoms with E-state index in [-0.39, 0.29) is 23.8 Å². The molecule has 1 aromatic heterocycles. The highest BCUT2D eigenvalue weighted by Gasteiger charge is 2.38. The van der Waals surface area contributed by atoms with Gasteiger partial charge < -0.3 is 15.5 Å². The summed E-state index contributed by atoms with van der Waals surface area (Å²) in [6.07, 6.45) is -0.609. The molecular formula is C10H15N3O4S. The first kappa shape index (κ1) is 13.2. The van der Waals surface area contributed by atoms with E-state index in [4.69, 9.17) is 0 Å². The zero-order valence-corrected chi connectivity index (χ0v) is 10.6. The molecule has 0 bridgehead atoms. The van der Waals surface area contributed by atoms with Crippen molar-refractivity contribution in [3.63, 3.8) is 0 Å². The number of nitrogens with one attached hydrogen (secondary N) is 1. The van der Waals surface area contributed by atoms with Crippen molar-refractivity contribution in [1.29, 1.82) is 0 Å². The van der Waals surface area contributed by atoms with Crippen molar-refractivity contribution in [3.05, 3.63) is 18.3 Å². The Labute approximate surface area is 105 Å². The number of hydrogen-bond acceptors (Lipinski definition) is 6. The second-order valence-electron chi connectivity index (χ2n) is 4.06. The molecule has 0 spiro atoms. The molecule has 1 aromatic rings. The van der Waals surface area contributed by atoms with E-state index in [1.54, 1.807) is 7.05 Å². The SMILES string of the molecule is CNc1ncccc1S(=O)(=O)N1CC(O)C(O)C1. The standard InChI is InChI=1S/C10H15N3O4S/c1-11-10-9(3-2-4-12-10)18(16,17)13-5-7(14)8(15)6-13/h2-4,7-8,14-15H,5-6H2,1H3,(H,11,12). The van der Waals surface area contributed by atoms with Gasteiger partial charge in [-0.1, -0.05) is 0 Å². The Morgan fingerprint density at radius 2 is 2.00 bits per heavy atom. The molecule has 3 N–H and O–H groups in total. The molecule has 1 aliphatic rings. The molecule has 0 aliphatic carbocycles. The van der Waals surface area contributed by atoms with Gasteiger partial charge in [-0.3, -0.25) is 0 Å². The average molecular weight is 273 g/mol. The van der Waals surface area contributed by atoms with Crippen LogP contribution < -0.4 is 5.32 Å². The van der Waals surface area contributed by atoms with Crippen molar-refractivity contribution >= 4 is 15.8 Å². The minimum absolute atomic E-state index is 0.0359. The van der Waals surface area contributed by atoms with E-state index < -0.39 is 22.2 Å². The second-order valence-corrected chi connectivity index (χ2v) is 5.96. The van der Waals surface area contributed by atoms with Gasteiger partial charge in [0.05, 0.1) is 12.2 Å². The number of nitrogens with zero attached hydrogens (tertiary/aromatic N) is 2. The minimum atomic E-state index is -3.76. The summed E-state index contributed by atoms with van der Waals surface area (Å²) < 4.78 is 25.7. The molecule has 2 rings (SSSR count). The molecule has 18 heavy (non-hydrogen) atoms. The topological polar surface area (TPSA) is 103 Å². The third-order valence-electron chi connectivity index (χ3n) is 2.85. The third-order valence-corrected chi connectivity index (χ3v) is 4.71. The quantitative estimate of drug-likeness (QED) is 0.642. The van der Waals surface area contributed by atoms with Gasteiger partial charge >= 0.3 is 0 Å². The first-order chi connectivity index (χ1) is 8.46. The van der Waals surface area contributed by atoms with Crippen LogP contribution in [0, 0.1) is 0 Å². The number of aliphatic hydroxyl groups excluding tert-OH is 2. The van der Waals surface area contributed by atoms with Crippen LogP contribution in [0.1, 0.15) is 0 Å². The summed E-state index contributed by atoms with van der Waals surface area (Å²) >= 11 is 0. The number of aromatic nitrogens is 1. The van der Waals surface area contributed by atoms with Gasteiger partial charge in [0.15, 0.2) is 0 Å². The lowest BCUT2D eigenvalue weighted by molar-refractivity contribution is 0.0572. The Morgan fingerprint density at radius 3 is 2.56 bits per heavy atom. The maximum Gasteiger partial charge on any atom is 0.246 e. The van der Waals surface area contributed by atoms with Crippen LogP contribution in [0.25, 0.3) is 0 Å². The summed E-state index contributed by atoms with van der Waals surface area (Å²) in [5.41, 5.74) is 0. The Kier molecular flexibility index (Phi) is 3.53. The molecule has 1 aliphatic heterocycles. The smallest absolute Gasteiger partial charge is 0.246 e. The second kappa shape index (κ2) is 4.81. The fraction of sp³-hybridized carbons (Fsp3) is 0.500. The zero-order chi connectivity index (χ0) is 13.3. The van der Waals surface area contributed by atoms with Gasteiger partial charge in [-0.25, -0.2) is 13.4 Å². The molecule has 2 unspecified atom stereocenters. The van der Waals surface area contributed by atoms with Gasteiger partial charge in [-0.15, -0.1) is 0 Å². The van der Waals surface area contributed by atoms with Gasteiger partial charge in [-0.05, 0) is 12.1 Å². The van der Waals surface area contributed by atoms with E-state index in [1.807, 2.05) is 0 Å². The van der Waals surface area contributed by atoms with Crippen LogP contribution in [0.2, 0.25) is 0 Å². The number of hydrogen-bond donors (Lipinski definition) is 3. The summed E-state index contributed by atoms with van der Waals surface area (Å²) in [5.74, 6) is 0.244. The van der Waals surface area contributed by atoms with Gasteiger partial charge in [0.25, 0.3) is 0 Å². The first-order valence-corrected chi connectivity index (χ1v) is 6.90. The monoisotopic (exact) mass is 273 g/mol. The summed E-state index contributed by atoms with van der Waals surface area (Å²) in [4.78, 5) is 3.97. The maximum absolute atomic E-state index is 12.3. The van der Waals surface area contributed by atoms with Crippen LogP contribution in [0.4, 0.5) is 5.82 Å². The van der Waals surface area contributed by atoms with Crippen LogP contribution in [-0.4, -0.2) is 60.3 Å². The maximum atomic E-state index is 12.3. The van der Waals surface area contributed by atoms with Crippen molar-refractivity contribution in [2.24, 2.45) is 0 Å². The molecule has 100 valence electrons. The van der Waals surface area contributed by atoms with Gasteiger partial charge in [0.2, 0.25) is 10.0 Å². The van der Waals surface area contributed by atoms with Crippen molar-refractivity contribution < 1.29 is 18.6 Å². The minimum Gasteiger partial charge on any atom is -0.389 e. The summed E-state index contributed by atoms with van der Waals surface area (Å²) in [6, 6.07) is 2.96. The molecule has 0 amide bonds. The molecule has 1 saturated heterocycles. The highest BCUT2D eigenvalue weighted by atomic mass is 32.2. The molecule has 8 heteroatoms. The first-order valence-electron chi connectivity index (χ1n) is 5.46. The average Bonchev–Trinajstić information content (AvgIpc) is 2.70. The predicted octanol–water partition coefficient (Wildman–Crippen LogP) is -1.15. The lowest BCUT2D eigenvalue weighted by Crippen LogP contribution is -2.30. The number of β-amino-alcohol motifs (C(OH)–C–C–N with tert-alkyl or cyclic N) is 2. The van der Waals surface area contributed by atoms with Crippen molar-refractivity contribution in [1.82, 2.24) is 9.29 Å². The molecule has 0 saturated carbocycles. The number of aliphatic hydroxyl groups is 2. The summed E-state index contributed by atoms with van der Waals surface area (Å²) in [6.45, 7) is -0.219. The van der Waals surface area contributed by atoms with Crippen molar-refractivity contribution in [2.45, 2.75) is 17.1 Å². The third kappa shape index (κ3) is 2.19. The van der Waals surface area contributed by atoms with Crippen molar-refractivity contribution in [3.8, 4) is 0 Å². The van der Waals surface area contributed by atoms with Crippen LogP contribution in [0.15, 0.2) is 23.2 Å². The van der Waals surface area contributed by atoms with E-state index in [0.717, 1.165) is 4.31 Å². The van der Waals surface area contributed by atoms with Crippen LogP contribution >= 0.6 is 0 Å². The highest BCUT2D eigenvalue weighted by Crippen LogP contribution is 2.25. The lowest BCUT2D eigenvalue weighted by atomic mass is 10.3. The Hall–Kier alpha value is -1.22. The molecule has 0 radical (unpaired) electrons. The Bertz CT molecular complexity index is 524. The number of anilines is 1. The van der Waals surface area contributed by atoms with Crippen LogP contribution in [0.5, 0.6) is 0 Å². The Morgan fingerprint density at radius 1 is 1.39 bits per heavy atom. The highest BCUT2D eigenvalue weighted by molar-refractivity contribution is 7.89. The van der Waals surface area contributed by atoms with Gasteiger partial charge in [-0.2, -0.15) is 4.31 Å². The molecular weight excluding hydrogens is 258 g/mol. The number of pyridine rings is 1. The van der Waals surface area contributed by atoms with E-state index in [0.29, 0.717) is 0 Å². The van der Waals surface area contributed by atoms with Gasteiger partial charge in [0.1, 0.15) is 10.7 Å². The van der Waals surface area contributed by atoms with E-state index in [2.05, 4.69) is 10.3 Å². The fourth-order valence-electron chi connectivity index (χ4n) is 1.86. The fourth-order valence-corrected chi connectivity index (χ4v) is 3.48. The lowest BCUT2D eigenvalue weighted by Gasteiger charge is -2.17. The van der Waals surface area contributed by atoms with E-state index in [1.165, 1.54) is 18.3 Å². The molecule has 2 heterocycles.